The van der Waals surface area contributed by atoms with Gasteiger partial charge in [-0.15, -0.1) is 0 Å². The van der Waals surface area contributed by atoms with Crippen LogP contribution in [0.15, 0.2) is 24.3 Å². The van der Waals surface area contributed by atoms with E-state index in [0.717, 1.165) is 5.75 Å². The van der Waals surface area contributed by atoms with Crippen molar-refractivity contribution >= 4 is 24.3 Å². The summed E-state index contributed by atoms with van der Waals surface area (Å²) in [7, 11) is 2.61. The van der Waals surface area contributed by atoms with Gasteiger partial charge in [0.1, 0.15) is 13.8 Å². The Labute approximate surface area is 117 Å². The van der Waals surface area contributed by atoms with Gasteiger partial charge in [0.15, 0.2) is 0 Å². The first-order valence-electron chi connectivity index (χ1n) is 7.26. The second-order valence-electron chi connectivity index (χ2n) is 5.32. The second kappa shape index (κ2) is 5.41. The van der Waals surface area contributed by atoms with Gasteiger partial charge in [0.25, 0.3) is 0 Å². The molecule has 0 unspecified atom stereocenters. The number of hydrogen-bond acceptors (Lipinski definition) is 1. The second-order valence-corrected chi connectivity index (χ2v) is 10.5. The molecule has 0 bridgehead atoms. The van der Waals surface area contributed by atoms with Crippen LogP contribution in [-0.2, 0) is 7.05 Å². The average Bonchev–Trinajstić information content (AvgIpc) is 2.80. The Hall–Kier alpha value is -1.22. The molecule has 0 atom stereocenters. The third-order valence-corrected chi connectivity index (χ3v) is 10.5. The number of aryl methyl sites for hydroxylation is 1. The van der Waals surface area contributed by atoms with Crippen molar-refractivity contribution in [1.29, 1.82) is 0 Å². The molecule has 2 rings (SSSR count). The van der Waals surface area contributed by atoms with E-state index in [-0.39, 0.29) is 0 Å². The molecule has 2 aromatic rings. The van der Waals surface area contributed by atoms with Gasteiger partial charge in [0.2, 0.25) is 0 Å². The van der Waals surface area contributed by atoms with Crippen molar-refractivity contribution in [2.75, 3.05) is 7.11 Å². The number of hydrogen-bond donors (Lipinski definition) is 0. The van der Waals surface area contributed by atoms with Crippen LogP contribution in [0.1, 0.15) is 20.8 Å². The minimum absolute atomic E-state index is 0.991. The summed E-state index contributed by atoms with van der Waals surface area (Å²) in [5.74, 6) is 0.991. The zero-order valence-corrected chi connectivity index (χ0v) is 13.8. The lowest BCUT2D eigenvalue weighted by molar-refractivity contribution is 0.420. The van der Waals surface area contributed by atoms with E-state index in [0.29, 0.717) is 0 Å². The summed E-state index contributed by atoms with van der Waals surface area (Å²) in [6.45, 7) is 7.07. The van der Waals surface area contributed by atoms with E-state index >= 15 is 0 Å². The molecular formula is C16H25NOSi. The Morgan fingerprint density at radius 1 is 1.11 bits per heavy atom. The van der Waals surface area contributed by atoms with Gasteiger partial charge in [-0.2, -0.15) is 0 Å². The average molecular weight is 275 g/mol. The molecule has 0 amide bonds. The Morgan fingerprint density at radius 2 is 1.74 bits per heavy atom. The third-order valence-electron chi connectivity index (χ3n) is 4.84. The summed E-state index contributed by atoms with van der Waals surface area (Å²) >= 11 is 0. The molecule has 3 heteroatoms. The van der Waals surface area contributed by atoms with Crippen molar-refractivity contribution < 1.29 is 4.74 Å². The Morgan fingerprint density at radius 3 is 2.26 bits per heavy atom. The van der Waals surface area contributed by atoms with Gasteiger partial charge in [-0.05, 0) is 18.2 Å². The van der Waals surface area contributed by atoms with Gasteiger partial charge in [-0.1, -0.05) is 45.0 Å². The van der Waals surface area contributed by atoms with E-state index in [1.54, 1.807) is 12.4 Å². The summed E-state index contributed by atoms with van der Waals surface area (Å²) < 4.78 is 7.91. The molecule has 0 N–H and O–H groups in total. The molecule has 1 aromatic heterocycles. The molecule has 1 heterocycles. The standard InChI is InChI=1S/C16H25NOSi/c1-6-19(7-2,8-3)16-12-13-14(17(16)4)10-9-11-15(13)18-5/h9-12H,6-8H2,1-5H3. The summed E-state index contributed by atoms with van der Waals surface area (Å²) in [4.78, 5) is 0. The monoisotopic (exact) mass is 275 g/mol. The highest BCUT2D eigenvalue weighted by molar-refractivity contribution is 6.91. The van der Waals surface area contributed by atoms with E-state index in [1.807, 2.05) is 0 Å². The quantitative estimate of drug-likeness (QED) is 0.755. The molecule has 0 saturated carbocycles. The lowest BCUT2D eigenvalue weighted by Crippen LogP contribution is -2.48. The molecular weight excluding hydrogens is 250 g/mol. The van der Waals surface area contributed by atoms with Crippen molar-refractivity contribution in [3.63, 3.8) is 0 Å². The molecule has 0 aliphatic rings. The highest BCUT2D eigenvalue weighted by Gasteiger charge is 2.32. The van der Waals surface area contributed by atoms with Crippen molar-refractivity contribution in [3.05, 3.63) is 24.3 Å². The van der Waals surface area contributed by atoms with Crippen LogP contribution >= 0.6 is 0 Å². The van der Waals surface area contributed by atoms with Crippen molar-refractivity contribution in [2.45, 2.75) is 38.9 Å². The van der Waals surface area contributed by atoms with Crippen molar-refractivity contribution in [1.82, 2.24) is 4.57 Å². The van der Waals surface area contributed by atoms with Gasteiger partial charge >= 0.3 is 0 Å². The largest absolute Gasteiger partial charge is 0.496 e. The summed E-state index contributed by atoms with van der Waals surface area (Å²) in [5, 5.41) is 2.83. The van der Waals surface area contributed by atoms with Crippen LogP contribution in [0.5, 0.6) is 5.75 Å². The lowest BCUT2D eigenvalue weighted by atomic mass is 10.2. The van der Waals surface area contributed by atoms with Crippen LogP contribution in [0.2, 0.25) is 18.1 Å². The van der Waals surface area contributed by atoms with E-state index in [1.165, 1.54) is 29.0 Å². The number of nitrogens with zero attached hydrogens (tertiary/aromatic N) is 1. The summed E-state index contributed by atoms with van der Waals surface area (Å²) in [6.07, 6.45) is 0. The Balaban J connectivity index is 2.71. The molecule has 1 aromatic carbocycles. The lowest BCUT2D eigenvalue weighted by Gasteiger charge is -2.28. The third kappa shape index (κ3) is 2.10. The molecule has 0 fully saturated rings. The molecule has 104 valence electrons. The Bertz CT molecular complexity index is 561. The number of ether oxygens (including phenoxy) is 1. The van der Waals surface area contributed by atoms with Crippen LogP contribution in [0.25, 0.3) is 10.9 Å². The molecule has 2 nitrogen and oxygen atoms in total. The fraction of sp³-hybridized carbons (Fsp3) is 0.500. The first kappa shape index (κ1) is 14.2. The molecule has 0 spiro atoms. The van der Waals surface area contributed by atoms with E-state index in [2.05, 4.69) is 56.7 Å². The van der Waals surface area contributed by atoms with Crippen LogP contribution in [0.4, 0.5) is 0 Å². The minimum atomic E-state index is -1.35. The maximum Gasteiger partial charge on any atom is 0.128 e. The number of rotatable bonds is 5. The van der Waals surface area contributed by atoms with Gasteiger partial charge in [-0.25, -0.2) is 0 Å². The van der Waals surface area contributed by atoms with Crippen LogP contribution in [-0.4, -0.2) is 19.8 Å². The van der Waals surface area contributed by atoms with Gasteiger partial charge in [0.05, 0.1) is 12.6 Å². The van der Waals surface area contributed by atoms with Gasteiger partial charge < -0.3 is 9.30 Å². The highest BCUT2D eigenvalue weighted by Crippen LogP contribution is 2.29. The summed E-state index contributed by atoms with van der Waals surface area (Å²) in [6, 6.07) is 12.7. The Kier molecular flexibility index (Phi) is 4.04. The SMILES string of the molecule is CC[Si](CC)(CC)c1cc2c(OC)cccc2n1C. The van der Waals surface area contributed by atoms with Crippen LogP contribution < -0.4 is 10.1 Å². The predicted molar refractivity (Wildman–Crippen MR) is 86.3 cm³/mol. The van der Waals surface area contributed by atoms with Crippen molar-refractivity contribution in [3.8, 4) is 5.75 Å². The number of benzene rings is 1. The maximum atomic E-state index is 5.51. The fourth-order valence-corrected chi connectivity index (χ4v) is 7.18. The molecule has 0 aliphatic carbocycles. The first-order chi connectivity index (χ1) is 9.13. The number of methoxy groups -OCH3 is 1. The zero-order valence-electron chi connectivity index (χ0n) is 12.8. The fourth-order valence-electron chi connectivity index (χ4n) is 3.31. The molecule has 0 aliphatic heterocycles. The predicted octanol–water partition coefficient (Wildman–Crippen LogP) is 3.90. The minimum Gasteiger partial charge on any atom is -0.496 e. The number of aromatic nitrogens is 1. The van der Waals surface area contributed by atoms with Crippen LogP contribution in [0.3, 0.4) is 0 Å². The normalized spacial score (nSPS) is 12.1. The van der Waals surface area contributed by atoms with Crippen molar-refractivity contribution in [2.24, 2.45) is 7.05 Å². The van der Waals surface area contributed by atoms with Gasteiger partial charge in [-0.3, -0.25) is 0 Å². The topological polar surface area (TPSA) is 14.2 Å². The molecule has 0 radical (unpaired) electrons. The zero-order chi connectivity index (χ0) is 14.0. The molecule has 0 saturated heterocycles. The van der Waals surface area contributed by atoms with E-state index in [9.17, 15) is 0 Å². The maximum absolute atomic E-state index is 5.51. The highest BCUT2D eigenvalue weighted by atomic mass is 28.3. The smallest absolute Gasteiger partial charge is 0.128 e. The van der Waals surface area contributed by atoms with Gasteiger partial charge in [0, 0.05) is 17.8 Å². The number of fused-ring (bicyclic) bond motifs is 1. The van der Waals surface area contributed by atoms with E-state index < -0.39 is 8.07 Å². The van der Waals surface area contributed by atoms with Crippen LogP contribution in [0, 0.1) is 0 Å². The van der Waals surface area contributed by atoms with E-state index in [4.69, 9.17) is 4.74 Å². The summed E-state index contributed by atoms with van der Waals surface area (Å²) in [5.41, 5.74) is 1.29. The molecule has 19 heavy (non-hydrogen) atoms. The first-order valence-corrected chi connectivity index (χ1v) is 9.88.